The molecule has 8 nitrogen and oxygen atoms in total. The number of benzene rings is 1. The van der Waals surface area contributed by atoms with E-state index in [1.165, 1.54) is 23.4 Å². The fourth-order valence-corrected chi connectivity index (χ4v) is 3.01. The maximum atomic E-state index is 12.7. The van der Waals surface area contributed by atoms with Crippen molar-refractivity contribution >= 4 is 11.8 Å². The van der Waals surface area contributed by atoms with Gasteiger partial charge < -0.3 is 24.4 Å². The van der Waals surface area contributed by atoms with Crippen LogP contribution < -0.4 is 14.7 Å². The Balaban J connectivity index is 1.65. The molecule has 0 aliphatic carbocycles. The minimum atomic E-state index is -4.41. The van der Waals surface area contributed by atoms with E-state index < -0.39 is 17.8 Å². The SMILES string of the molecule is CC(=NOc1ncnc(OC2CCN(C(=O)[O-])CC2)c1C)c1ccc(C(F)(F)F)cc1. The Kier molecular flexibility index (Phi) is 6.62. The molecular formula is C20H20F3N4O4-. The largest absolute Gasteiger partial charge is 0.530 e. The molecule has 11 heteroatoms. The average molecular weight is 437 g/mol. The molecule has 0 unspecified atom stereocenters. The van der Waals surface area contributed by atoms with Crippen LogP contribution in [0.1, 0.15) is 36.5 Å². The predicted molar refractivity (Wildman–Crippen MR) is 102 cm³/mol. The summed E-state index contributed by atoms with van der Waals surface area (Å²) in [6, 6.07) is 4.57. The van der Waals surface area contributed by atoms with Crippen LogP contribution in [0, 0.1) is 6.92 Å². The quantitative estimate of drug-likeness (QED) is 0.527. The number of halogens is 3. The number of oxime groups is 1. The lowest BCUT2D eigenvalue weighted by Gasteiger charge is -2.33. The first-order valence-electron chi connectivity index (χ1n) is 9.48. The van der Waals surface area contributed by atoms with Gasteiger partial charge in [-0.25, -0.2) is 4.98 Å². The van der Waals surface area contributed by atoms with Gasteiger partial charge in [0.15, 0.2) is 0 Å². The van der Waals surface area contributed by atoms with Gasteiger partial charge in [0.1, 0.15) is 18.5 Å². The van der Waals surface area contributed by atoms with E-state index in [0.717, 1.165) is 12.1 Å². The number of rotatable bonds is 5. The van der Waals surface area contributed by atoms with E-state index in [1.54, 1.807) is 13.8 Å². The van der Waals surface area contributed by atoms with Gasteiger partial charge in [0.25, 0.3) is 5.88 Å². The number of likely N-dealkylation sites (tertiary alicyclic amines) is 1. The second kappa shape index (κ2) is 9.19. The Bertz CT molecular complexity index is 956. The van der Waals surface area contributed by atoms with Crippen molar-refractivity contribution in [3.05, 3.63) is 47.3 Å². The van der Waals surface area contributed by atoms with E-state index in [-0.39, 0.29) is 12.0 Å². The number of amides is 1. The third-order valence-corrected chi connectivity index (χ3v) is 4.87. The minimum absolute atomic E-state index is 0.142. The van der Waals surface area contributed by atoms with Crippen LogP contribution in [0.2, 0.25) is 0 Å². The molecule has 2 heterocycles. The van der Waals surface area contributed by atoms with Gasteiger partial charge in [0, 0.05) is 25.9 Å². The fraction of sp³-hybridized carbons (Fsp3) is 0.400. The first-order chi connectivity index (χ1) is 14.6. The second-order valence-corrected chi connectivity index (χ2v) is 7.02. The summed E-state index contributed by atoms with van der Waals surface area (Å²) in [5, 5.41) is 14.8. The zero-order valence-electron chi connectivity index (χ0n) is 16.8. The summed E-state index contributed by atoms with van der Waals surface area (Å²) in [7, 11) is 0. The monoisotopic (exact) mass is 437 g/mol. The smallest absolute Gasteiger partial charge is 0.416 e. The first-order valence-corrected chi connectivity index (χ1v) is 9.48. The van der Waals surface area contributed by atoms with Crippen molar-refractivity contribution in [3.63, 3.8) is 0 Å². The number of aromatic nitrogens is 2. The molecule has 1 aromatic carbocycles. The topological polar surface area (TPSA) is 100.0 Å². The van der Waals surface area contributed by atoms with Crippen molar-refractivity contribution in [1.29, 1.82) is 0 Å². The molecule has 0 bridgehead atoms. The van der Waals surface area contributed by atoms with E-state index in [0.29, 0.717) is 48.6 Å². The average Bonchev–Trinajstić information content (AvgIpc) is 2.74. The van der Waals surface area contributed by atoms with E-state index in [4.69, 9.17) is 9.57 Å². The van der Waals surface area contributed by atoms with Crippen LogP contribution in [0.4, 0.5) is 18.0 Å². The summed E-state index contributed by atoms with van der Waals surface area (Å²) < 4.78 is 43.9. The molecule has 31 heavy (non-hydrogen) atoms. The number of carbonyl (C=O) groups excluding carboxylic acids is 1. The Morgan fingerprint density at radius 2 is 1.77 bits per heavy atom. The van der Waals surface area contributed by atoms with Crippen LogP contribution in [0.3, 0.4) is 0 Å². The van der Waals surface area contributed by atoms with Gasteiger partial charge in [-0.2, -0.15) is 18.2 Å². The lowest BCUT2D eigenvalue weighted by atomic mass is 10.1. The van der Waals surface area contributed by atoms with Crippen LogP contribution in [0.15, 0.2) is 35.7 Å². The number of piperidine rings is 1. The van der Waals surface area contributed by atoms with Crippen molar-refractivity contribution in [1.82, 2.24) is 14.9 Å². The molecule has 1 amide bonds. The van der Waals surface area contributed by atoms with Crippen LogP contribution >= 0.6 is 0 Å². The van der Waals surface area contributed by atoms with Crippen molar-refractivity contribution in [2.75, 3.05) is 13.1 Å². The summed E-state index contributed by atoms with van der Waals surface area (Å²) in [6.07, 6.45) is -3.58. The molecule has 0 atom stereocenters. The fourth-order valence-electron chi connectivity index (χ4n) is 3.01. The normalized spacial score (nSPS) is 15.6. The van der Waals surface area contributed by atoms with E-state index in [2.05, 4.69) is 15.1 Å². The zero-order chi connectivity index (χ0) is 22.6. The van der Waals surface area contributed by atoms with Crippen molar-refractivity contribution in [2.24, 2.45) is 5.16 Å². The Labute approximate surface area is 176 Å². The van der Waals surface area contributed by atoms with Crippen LogP contribution in [-0.4, -0.2) is 45.9 Å². The highest BCUT2D eigenvalue weighted by Crippen LogP contribution is 2.29. The molecule has 1 aliphatic rings. The van der Waals surface area contributed by atoms with E-state index in [1.807, 2.05) is 0 Å². The molecule has 1 aromatic heterocycles. The highest BCUT2D eigenvalue weighted by molar-refractivity contribution is 5.98. The number of hydrogen-bond acceptors (Lipinski definition) is 7. The lowest BCUT2D eigenvalue weighted by Crippen LogP contribution is -2.47. The van der Waals surface area contributed by atoms with Crippen LogP contribution in [-0.2, 0) is 6.18 Å². The Hall–Kier alpha value is -3.37. The van der Waals surface area contributed by atoms with Crippen molar-refractivity contribution in [2.45, 2.75) is 39.0 Å². The summed E-state index contributed by atoms with van der Waals surface area (Å²) >= 11 is 0. The molecule has 2 aromatic rings. The summed E-state index contributed by atoms with van der Waals surface area (Å²) in [4.78, 5) is 25.6. The number of carboxylic acid groups (broad SMARTS) is 1. The van der Waals surface area contributed by atoms with Crippen molar-refractivity contribution in [3.8, 4) is 11.8 Å². The molecule has 1 aliphatic heterocycles. The maximum Gasteiger partial charge on any atom is 0.416 e. The minimum Gasteiger partial charge on any atom is -0.530 e. The number of alkyl halides is 3. The van der Waals surface area contributed by atoms with Gasteiger partial charge in [-0.1, -0.05) is 17.3 Å². The number of carbonyl (C=O) groups is 1. The lowest BCUT2D eigenvalue weighted by molar-refractivity contribution is -0.266. The van der Waals surface area contributed by atoms with Gasteiger partial charge in [0.2, 0.25) is 5.88 Å². The first kappa shape index (κ1) is 22.3. The van der Waals surface area contributed by atoms with Crippen molar-refractivity contribution < 1.29 is 32.6 Å². The second-order valence-electron chi connectivity index (χ2n) is 7.02. The highest BCUT2D eigenvalue weighted by Gasteiger charge is 2.30. The number of ether oxygens (including phenoxy) is 1. The Morgan fingerprint density at radius 3 is 2.35 bits per heavy atom. The zero-order valence-corrected chi connectivity index (χ0v) is 16.8. The highest BCUT2D eigenvalue weighted by atomic mass is 19.4. The number of nitrogens with zero attached hydrogens (tertiary/aromatic N) is 4. The van der Waals surface area contributed by atoms with Gasteiger partial charge in [0.05, 0.1) is 16.8 Å². The van der Waals surface area contributed by atoms with Crippen LogP contribution in [0.25, 0.3) is 0 Å². The standard InChI is InChI=1S/C20H21F3N4O4/c1-12-17(30-16-7-9-27(10-8-16)19(28)29)24-11-25-18(12)31-26-13(2)14-3-5-15(6-4-14)20(21,22)23/h3-6,11,16H,7-10H2,1-2H3,(H,28,29)/p-1. The van der Waals surface area contributed by atoms with Gasteiger partial charge in [-0.15, -0.1) is 0 Å². The predicted octanol–water partition coefficient (Wildman–Crippen LogP) is 2.79. The van der Waals surface area contributed by atoms with Gasteiger partial charge >= 0.3 is 6.18 Å². The molecular weight excluding hydrogens is 417 g/mol. The molecule has 1 saturated heterocycles. The molecule has 0 spiro atoms. The van der Waals surface area contributed by atoms with Crippen LogP contribution in [0.5, 0.6) is 11.8 Å². The summed E-state index contributed by atoms with van der Waals surface area (Å²) in [5.41, 5.74) is 0.581. The number of hydrogen-bond donors (Lipinski definition) is 0. The summed E-state index contributed by atoms with van der Waals surface area (Å²) in [5.74, 6) is 0.433. The van der Waals surface area contributed by atoms with E-state index >= 15 is 0 Å². The molecule has 166 valence electrons. The third-order valence-electron chi connectivity index (χ3n) is 4.87. The maximum absolute atomic E-state index is 12.7. The molecule has 0 radical (unpaired) electrons. The molecule has 3 rings (SSSR count). The molecule has 1 fully saturated rings. The Morgan fingerprint density at radius 1 is 1.16 bits per heavy atom. The summed E-state index contributed by atoms with van der Waals surface area (Å²) in [6.45, 7) is 3.92. The van der Waals surface area contributed by atoms with Gasteiger partial charge in [-0.05, 0) is 31.5 Å². The molecule has 0 N–H and O–H groups in total. The molecule has 0 saturated carbocycles. The van der Waals surface area contributed by atoms with E-state index in [9.17, 15) is 23.1 Å². The third kappa shape index (κ3) is 5.62. The van der Waals surface area contributed by atoms with Gasteiger partial charge in [-0.3, -0.25) is 0 Å².